The molecule has 2 aliphatic rings. The Hall–Kier alpha value is -1.49. The van der Waals surface area contributed by atoms with Gasteiger partial charge >= 0.3 is 6.18 Å². The van der Waals surface area contributed by atoms with E-state index in [1.165, 1.54) is 16.2 Å². The Morgan fingerprint density at radius 1 is 1.13 bits per heavy atom. The van der Waals surface area contributed by atoms with E-state index in [1.807, 2.05) is 0 Å². The number of hydrogen-bond acceptors (Lipinski definition) is 3. The molecule has 0 saturated carbocycles. The zero-order valence-electron chi connectivity index (χ0n) is 18.0. The zero-order valence-corrected chi connectivity index (χ0v) is 20.3. The van der Waals surface area contributed by atoms with Gasteiger partial charge in [-0.2, -0.15) is 13.2 Å². The number of nitrogens with zero attached hydrogens (tertiary/aromatic N) is 3. The predicted octanol–water partition coefficient (Wildman–Crippen LogP) is 4.01. The molecule has 0 radical (unpaired) electrons. The number of nitrogens with one attached hydrogen (secondary N) is 2. The first kappa shape index (κ1) is 25.8. The van der Waals surface area contributed by atoms with Crippen LogP contribution in [0.3, 0.4) is 0 Å². The molecular weight excluding hydrogens is 518 g/mol. The predicted molar refractivity (Wildman–Crippen MR) is 131 cm³/mol. The van der Waals surface area contributed by atoms with Crippen molar-refractivity contribution in [3.8, 4) is 0 Å². The summed E-state index contributed by atoms with van der Waals surface area (Å²) in [6, 6.07) is 8.50. The fraction of sp³-hybridized carbons (Fsp3) is 0.591. The fourth-order valence-corrected chi connectivity index (χ4v) is 4.04. The van der Waals surface area contributed by atoms with Crippen LogP contribution in [0, 0.1) is 5.92 Å². The molecule has 0 amide bonds. The maximum absolute atomic E-state index is 12.5. The van der Waals surface area contributed by atoms with E-state index < -0.39 is 12.7 Å². The average molecular weight is 551 g/mol. The van der Waals surface area contributed by atoms with Crippen molar-refractivity contribution >= 4 is 35.6 Å². The highest BCUT2D eigenvalue weighted by Gasteiger charge is 2.32. The lowest BCUT2D eigenvalue weighted by Crippen LogP contribution is -2.41. The van der Waals surface area contributed by atoms with Gasteiger partial charge in [-0.1, -0.05) is 24.3 Å². The van der Waals surface area contributed by atoms with Gasteiger partial charge in [0.25, 0.3) is 0 Å². The van der Waals surface area contributed by atoms with Gasteiger partial charge in [0.1, 0.15) is 0 Å². The highest BCUT2D eigenvalue weighted by atomic mass is 127. The second-order valence-electron chi connectivity index (χ2n) is 8.02. The molecule has 3 rings (SSSR count). The maximum Gasteiger partial charge on any atom is 0.401 e. The van der Waals surface area contributed by atoms with Crippen LogP contribution in [0.1, 0.15) is 24.8 Å². The number of piperidine rings is 1. The third kappa shape index (κ3) is 8.88. The van der Waals surface area contributed by atoms with Crippen LogP contribution in [-0.4, -0.2) is 63.4 Å². The van der Waals surface area contributed by atoms with Crippen molar-refractivity contribution in [2.45, 2.75) is 32.0 Å². The smallest absolute Gasteiger partial charge is 0.364 e. The van der Waals surface area contributed by atoms with Gasteiger partial charge in [-0.25, -0.2) is 0 Å². The largest absolute Gasteiger partial charge is 0.401 e. The summed E-state index contributed by atoms with van der Waals surface area (Å²) in [5, 5.41) is 6.68. The number of hydrogen-bond donors (Lipinski definition) is 2. The van der Waals surface area contributed by atoms with Crippen LogP contribution >= 0.6 is 24.0 Å². The molecule has 1 aromatic carbocycles. The first-order valence-corrected chi connectivity index (χ1v) is 10.7. The minimum atomic E-state index is -4.10. The van der Waals surface area contributed by atoms with E-state index in [0.717, 1.165) is 44.9 Å². The third-order valence-electron chi connectivity index (χ3n) is 5.73. The van der Waals surface area contributed by atoms with E-state index >= 15 is 0 Å². The van der Waals surface area contributed by atoms with Gasteiger partial charge in [-0.3, -0.25) is 9.89 Å². The van der Waals surface area contributed by atoms with Crippen LogP contribution in [0.2, 0.25) is 0 Å². The normalized spacial score (nSPS) is 18.2. The quantitative estimate of drug-likeness (QED) is 0.233. The number of benzene rings is 1. The van der Waals surface area contributed by atoms with Gasteiger partial charge in [-0.05, 0) is 56.0 Å². The molecular formula is C22H33F3IN5. The van der Waals surface area contributed by atoms with E-state index in [1.54, 1.807) is 7.05 Å². The molecule has 1 fully saturated rings. The Morgan fingerprint density at radius 2 is 1.84 bits per heavy atom. The molecule has 5 nitrogen and oxygen atoms in total. The number of rotatable bonds is 7. The molecule has 174 valence electrons. The Bertz CT molecular complexity index is 722. The lowest BCUT2D eigenvalue weighted by atomic mass is 9.93. The SMILES string of the molecule is CN=C(NCCC1CCN(CC(F)(F)F)CC1)NCc1cccc(N2CC=CC2)c1.I. The Labute approximate surface area is 200 Å². The summed E-state index contributed by atoms with van der Waals surface area (Å²) < 4.78 is 37.5. The average Bonchev–Trinajstić information content (AvgIpc) is 3.26. The number of alkyl halides is 3. The number of guanidine groups is 1. The van der Waals surface area contributed by atoms with Gasteiger partial charge in [0.05, 0.1) is 6.54 Å². The van der Waals surface area contributed by atoms with E-state index in [9.17, 15) is 13.2 Å². The highest BCUT2D eigenvalue weighted by Crippen LogP contribution is 2.24. The summed E-state index contributed by atoms with van der Waals surface area (Å²) >= 11 is 0. The lowest BCUT2D eigenvalue weighted by Gasteiger charge is -2.32. The van der Waals surface area contributed by atoms with Crippen molar-refractivity contribution in [2.75, 3.05) is 51.2 Å². The zero-order chi connectivity index (χ0) is 21.4. The molecule has 0 spiro atoms. The number of halogens is 4. The van der Waals surface area contributed by atoms with Crippen LogP contribution in [0.15, 0.2) is 41.4 Å². The summed E-state index contributed by atoms with van der Waals surface area (Å²) in [5.74, 6) is 1.21. The summed E-state index contributed by atoms with van der Waals surface area (Å²) in [6.45, 7) is 3.63. The Balaban J connectivity index is 0.00000341. The first-order valence-electron chi connectivity index (χ1n) is 10.7. The molecule has 31 heavy (non-hydrogen) atoms. The summed E-state index contributed by atoms with van der Waals surface area (Å²) in [5.41, 5.74) is 2.42. The van der Waals surface area contributed by atoms with Crippen molar-refractivity contribution in [3.05, 3.63) is 42.0 Å². The van der Waals surface area contributed by atoms with Crippen LogP contribution < -0.4 is 15.5 Å². The summed E-state index contributed by atoms with van der Waals surface area (Å²) in [7, 11) is 1.75. The monoisotopic (exact) mass is 551 g/mol. The van der Waals surface area contributed by atoms with Crippen molar-refractivity contribution in [2.24, 2.45) is 10.9 Å². The van der Waals surface area contributed by atoms with Crippen LogP contribution in [0.25, 0.3) is 0 Å². The minimum absolute atomic E-state index is 0. The van der Waals surface area contributed by atoms with Crippen molar-refractivity contribution in [1.29, 1.82) is 0 Å². The molecule has 9 heteroatoms. The topological polar surface area (TPSA) is 42.9 Å². The van der Waals surface area contributed by atoms with E-state index in [-0.39, 0.29) is 24.0 Å². The molecule has 0 bridgehead atoms. The highest BCUT2D eigenvalue weighted by molar-refractivity contribution is 14.0. The second-order valence-corrected chi connectivity index (χ2v) is 8.02. The van der Waals surface area contributed by atoms with Crippen molar-refractivity contribution < 1.29 is 13.2 Å². The van der Waals surface area contributed by atoms with Crippen LogP contribution in [-0.2, 0) is 6.54 Å². The molecule has 1 aromatic rings. The molecule has 2 aliphatic heterocycles. The Morgan fingerprint density at radius 3 is 2.48 bits per heavy atom. The second kappa shape index (κ2) is 12.5. The molecule has 0 atom stereocenters. The molecule has 0 aromatic heterocycles. The molecule has 1 saturated heterocycles. The van der Waals surface area contributed by atoms with E-state index in [4.69, 9.17) is 0 Å². The Kier molecular flexibility index (Phi) is 10.4. The molecule has 0 aliphatic carbocycles. The van der Waals surface area contributed by atoms with Gasteiger partial charge in [0.2, 0.25) is 0 Å². The fourth-order valence-electron chi connectivity index (χ4n) is 4.04. The number of anilines is 1. The maximum atomic E-state index is 12.5. The van der Waals surface area contributed by atoms with Gasteiger partial charge in [0, 0.05) is 38.9 Å². The molecule has 0 unspecified atom stereocenters. The minimum Gasteiger partial charge on any atom is -0.364 e. The summed E-state index contributed by atoms with van der Waals surface area (Å²) in [6.07, 6.45) is 2.84. The summed E-state index contributed by atoms with van der Waals surface area (Å²) in [4.78, 5) is 8.11. The first-order chi connectivity index (χ1) is 14.4. The number of aliphatic imine (C=N–C) groups is 1. The molecule has 2 N–H and O–H groups in total. The lowest BCUT2D eigenvalue weighted by molar-refractivity contribution is -0.148. The van der Waals surface area contributed by atoms with E-state index in [0.29, 0.717) is 25.6 Å². The van der Waals surface area contributed by atoms with E-state index in [2.05, 4.69) is 56.9 Å². The standard InChI is InChI=1S/C22H32F3N5.HI/c1-26-21(27-10-7-18-8-13-29(14-9-18)17-22(23,24)25)28-16-19-5-4-6-20(15-19)30-11-2-3-12-30;/h2-6,15,18H,7-14,16-17H2,1H3,(H2,26,27,28);1H. The molecule has 2 heterocycles. The van der Waals surface area contributed by atoms with Crippen molar-refractivity contribution in [3.63, 3.8) is 0 Å². The van der Waals surface area contributed by atoms with Gasteiger partial charge in [0.15, 0.2) is 5.96 Å². The third-order valence-corrected chi connectivity index (χ3v) is 5.73. The van der Waals surface area contributed by atoms with Gasteiger partial charge < -0.3 is 15.5 Å². The van der Waals surface area contributed by atoms with Crippen molar-refractivity contribution in [1.82, 2.24) is 15.5 Å². The van der Waals surface area contributed by atoms with Crippen LogP contribution in [0.5, 0.6) is 0 Å². The van der Waals surface area contributed by atoms with Crippen LogP contribution in [0.4, 0.5) is 18.9 Å². The number of likely N-dealkylation sites (tertiary alicyclic amines) is 1. The van der Waals surface area contributed by atoms with Gasteiger partial charge in [-0.15, -0.1) is 24.0 Å².